The van der Waals surface area contributed by atoms with Gasteiger partial charge in [0.2, 0.25) is 0 Å². The van der Waals surface area contributed by atoms with Crippen molar-refractivity contribution in [2.45, 2.75) is 72.7 Å². The maximum atomic E-state index is 2.69. The molecule has 0 nitrogen and oxygen atoms in total. The first-order chi connectivity index (χ1) is 25.9. The second-order valence-electron chi connectivity index (χ2n) is 17.7. The number of hydrogen-bond acceptors (Lipinski definition) is 0. The molecule has 0 radical (unpaired) electrons. The van der Waals surface area contributed by atoms with Crippen molar-refractivity contribution >= 4 is 29.2 Å². The second-order valence-corrected chi connectivity index (χ2v) is 37.7. The van der Waals surface area contributed by atoms with Crippen LogP contribution in [0.3, 0.4) is 0 Å². The van der Waals surface area contributed by atoms with E-state index in [4.69, 9.17) is 0 Å². The van der Waals surface area contributed by atoms with Crippen molar-refractivity contribution in [1.82, 2.24) is 0 Å². The Morgan fingerprint density at radius 1 is 0.407 bits per heavy atom. The fourth-order valence-electron chi connectivity index (χ4n) is 9.33. The van der Waals surface area contributed by atoms with Crippen molar-refractivity contribution < 1.29 is 20.9 Å². The van der Waals surface area contributed by atoms with Crippen molar-refractivity contribution in [3.8, 4) is 22.3 Å². The molecule has 269 valence electrons. The quantitative estimate of drug-likeness (QED) is 0.141. The molecule has 2 aliphatic rings. The van der Waals surface area contributed by atoms with E-state index < -0.39 is 26.8 Å². The summed E-state index contributed by atoms with van der Waals surface area (Å²) in [7, 11) is 0. The van der Waals surface area contributed by atoms with Gasteiger partial charge in [0.25, 0.3) is 0 Å². The predicted octanol–water partition coefficient (Wildman–Crippen LogP) is 14.1. The van der Waals surface area contributed by atoms with Crippen LogP contribution in [0.1, 0.15) is 93.3 Å². The topological polar surface area (TPSA) is 0 Å². The number of allylic oxidation sites excluding steroid dienone is 2. The minimum atomic E-state index is -2.53. The van der Waals surface area contributed by atoms with E-state index in [2.05, 4.69) is 212 Å². The van der Waals surface area contributed by atoms with Crippen molar-refractivity contribution in [2.24, 2.45) is 0 Å². The SMILES string of the molecule is C[SiH](C)[Zr]([CH]1C(c2ccccc2)=Cc2c(-c3ccccc3C(C)(C)C)cccc21)[CH]1C(c2ccccc2)=Cc2c(-c3ccccc3C(C)(C)C)cccc21. The molecule has 6 aromatic carbocycles. The monoisotopic (exact) mass is 795 g/mol. The first kappa shape index (κ1) is 36.9. The summed E-state index contributed by atoms with van der Waals surface area (Å²) >= 11 is -2.53. The average Bonchev–Trinajstić information content (AvgIpc) is 3.74. The molecule has 2 atom stereocenters. The van der Waals surface area contributed by atoms with Gasteiger partial charge >= 0.3 is 335 Å². The molecule has 0 amide bonds. The van der Waals surface area contributed by atoms with Crippen molar-refractivity contribution in [3.05, 3.63) is 190 Å². The summed E-state index contributed by atoms with van der Waals surface area (Å²) in [4.78, 5) is 0. The first-order valence-electron chi connectivity index (χ1n) is 19.8. The van der Waals surface area contributed by atoms with Crippen LogP contribution in [0.5, 0.6) is 0 Å². The van der Waals surface area contributed by atoms with Crippen molar-refractivity contribution in [1.29, 1.82) is 0 Å². The number of rotatable bonds is 7. The Hall–Kier alpha value is -4.10. The van der Waals surface area contributed by atoms with Crippen LogP contribution in [0.2, 0.25) is 13.1 Å². The van der Waals surface area contributed by atoms with Gasteiger partial charge in [-0.15, -0.1) is 0 Å². The summed E-state index contributed by atoms with van der Waals surface area (Å²) in [6.07, 6.45) is 5.25. The van der Waals surface area contributed by atoms with Gasteiger partial charge < -0.3 is 0 Å². The third-order valence-electron chi connectivity index (χ3n) is 11.7. The first-order valence-corrected chi connectivity index (χ1v) is 29.8. The normalized spacial score (nSPS) is 16.5. The molecule has 0 saturated carbocycles. The third-order valence-corrected chi connectivity index (χ3v) is 33.2. The molecule has 2 unspecified atom stereocenters. The van der Waals surface area contributed by atoms with Gasteiger partial charge in [0.15, 0.2) is 0 Å². The van der Waals surface area contributed by atoms with E-state index in [1.165, 1.54) is 55.6 Å². The fraction of sp³-hybridized carbons (Fsp3) is 0.231. The standard InChI is InChI=1S/2C25H23.C2H7Si.Zr/c2*1-25(2,3)24-15-8-7-13-22(24)21-14-9-12-19-16-20(17-23(19)21)18-10-5-4-6-11-18;1-3-2;/h2*4-17H,1-3H3;3H,1-2H3;. The zero-order valence-electron chi connectivity index (χ0n) is 33.2. The zero-order valence-corrected chi connectivity index (χ0v) is 36.9. The molecule has 2 heteroatoms. The molecule has 0 N–H and O–H groups in total. The van der Waals surface area contributed by atoms with Gasteiger partial charge in [-0.2, -0.15) is 0 Å². The van der Waals surface area contributed by atoms with Crippen LogP contribution in [0.15, 0.2) is 146 Å². The van der Waals surface area contributed by atoms with Gasteiger partial charge in [0.05, 0.1) is 0 Å². The van der Waals surface area contributed by atoms with Crippen LogP contribution >= 0.6 is 0 Å². The van der Waals surface area contributed by atoms with E-state index in [0.29, 0.717) is 7.25 Å². The van der Waals surface area contributed by atoms with E-state index >= 15 is 0 Å². The molecule has 0 fully saturated rings. The Kier molecular flexibility index (Phi) is 9.91. The summed E-state index contributed by atoms with van der Waals surface area (Å²) in [6.45, 7) is 19.5. The Morgan fingerprint density at radius 2 is 0.759 bits per heavy atom. The molecule has 0 saturated heterocycles. The van der Waals surface area contributed by atoms with E-state index in [1.54, 1.807) is 22.3 Å². The van der Waals surface area contributed by atoms with Crippen LogP contribution in [0, 0.1) is 0 Å². The van der Waals surface area contributed by atoms with Crippen molar-refractivity contribution in [2.75, 3.05) is 0 Å². The van der Waals surface area contributed by atoms with Crippen LogP contribution in [0.25, 0.3) is 45.6 Å². The Labute approximate surface area is 333 Å². The fourth-order valence-corrected chi connectivity index (χ4v) is 31.6. The average molecular weight is 797 g/mol. The summed E-state index contributed by atoms with van der Waals surface area (Å²) in [6, 6.07) is 55.5. The van der Waals surface area contributed by atoms with Crippen LogP contribution in [0.4, 0.5) is 0 Å². The van der Waals surface area contributed by atoms with E-state index in [-0.39, 0.29) is 10.8 Å². The molecule has 0 bridgehead atoms. The Balaban J connectivity index is 1.38. The molecule has 0 spiro atoms. The van der Waals surface area contributed by atoms with Gasteiger partial charge in [-0.1, -0.05) is 0 Å². The van der Waals surface area contributed by atoms with E-state index in [9.17, 15) is 0 Å². The summed E-state index contributed by atoms with van der Waals surface area (Å²) < 4.78 is 0.929. The van der Waals surface area contributed by atoms with Gasteiger partial charge in [-0.3, -0.25) is 0 Å². The molecule has 2 aliphatic carbocycles. The molecule has 6 aromatic rings. The van der Waals surface area contributed by atoms with Crippen molar-refractivity contribution in [3.63, 3.8) is 0 Å². The number of benzene rings is 6. The van der Waals surface area contributed by atoms with Gasteiger partial charge in [-0.25, -0.2) is 0 Å². The zero-order chi connectivity index (χ0) is 37.8. The van der Waals surface area contributed by atoms with Crippen LogP contribution in [-0.4, -0.2) is 5.92 Å². The second kappa shape index (κ2) is 14.5. The third kappa shape index (κ3) is 6.65. The minimum absolute atomic E-state index is 0.0430. The van der Waals surface area contributed by atoms with E-state index in [0.717, 1.165) is 0 Å². The van der Waals surface area contributed by atoms with Gasteiger partial charge in [0, 0.05) is 0 Å². The maximum absolute atomic E-state index is 2.69. The molecule has 8 rings (SSSR count). The molecule has 0 aliphatic heterocycles. The summed E-state index contributed by atoms with van der Waals surface area (Å²) in [5.74, 6) is -1.17. The van der Waals surface area contributed by atoms with Crippen LogP contribution in [-0.2, 0) is 31.7 Å². The molecule has 0 heterocycles. The Bertz CT molecular complexity index is 2220. The molecular formula is C52H53SiZr. The van der Waals surface area contributed by atoms with Gasteiger partial charge in [0.1, 0.15) is 0 Å². The predicted molar refractivity (Wildman–Crippen MR) is 234 cm³/mol. The van der Waals surface area contributed by atoms with Gasteiger partial charge in [-0.05, 0) is 0 Å². The van der Waals surface area contributed by atoms with E-state index in [1.807, 2.05) is 0 Å². The summed E-state index contributed by atoms with van der Waals surface area (Å²) in [5, 5.41) is 0. The molecule has 0 aromatic heterocycles. The molecular weight excluding hydrogens is 744 g/mol. The summed E-state index contributed by atoms with van der Waals surface area (Å²) in [5.41, 5.74) is 20.3. The number of fused-ring (bicyclic) bond motifs is 2. The molecule has 54 heavy (non-hydrogen) atoms. The van der Waals surface area contributed by atoms with Crippen LogP contribution < -0.4 is 0 Å². The Morgan fingerprint density at radius 3 is 1.13 bits per heavy atom. The number of hydrogen-bond donors (Lipinski definition) is 0.